The van der Waals surface area contributed by atoms with Crippen LogP contribution in [0.4, 0.5) is 5.82 Å². The van der Waals surface area contributed by atoms with Gasteiger partial charge in [-0.15, -0.1) is 0 Å². The lowest BCUT2D eigenvalue weighted by Crippen LogP contribution is -2.03. The zero-order valence-corrected chi connectivity index (χ0v) is 7.68. The van der Waals surface area contributed by atoms with Gasteiger partial charge in [0.25, 0.3) is 0 Å². The van der Waals surface area contributed by atoms with Gasteiger partial charge in [-0.2, -0.15) is 12.6 Å². The first-order chi connectivity index (χ1) is 5.15. The fourth-order valence-electron chi connectivity index (χ4n) is 1.02. The van der Waals surface area contributed by atoms with E-state index in [4.69, 9.17) is 5.73 Å². The van der Waals surface area contributed by atoms with Crippen LogP contribution in [0.25, 0.3) is 0 Å². The minimum absolute atomic E-state index is 0.405. The fraction of sp³-hybridized carbons (Fsp3) is 0.571. The number of nitrogen functional groups attached to an aromatic ring is 1. The summed E-state index contributed by atoms with van der Waals surface area (Å²) in [4.78, 5) is 4.11. The second-order valence-electron chi connectivity index (χ2n) is 2.74. The molecule has 0 aliphatic rings. The highest BCUT2D eigenvalue weighted by molar-refractivity contribution is 7.79. The molecule has 1 heterocycles. The van der Waals surface area contributed by atoms with Crippen molar-refractivity contribution in [3.05, 3.63) is 12.0 Å². The Labute approximate surface area is 72.0 Å². The first kappa shape index (κ1) is 8.46. The number of aromatic nitrogens is 2. The third-order valence-electron chi connectivity index (χ3n) is 1.53. The smallest absolute Gasteiger partial charge is 0.141 e. The average molecular weight is 171 g/mol. The summed E-state index contributed by atoms with van der Waals surface area (Å²) in [5.41, 5.74) is 5.53. The van der Waals surface area contributed by atoms with E-state index in [-0.39, 0.29) is 0 Å². The largest absolute Gasteiger partial charge is 0.382 e. The molecule has 1 rings (SSSR count). The zero-order valence-electron chi connectivity index (χ0n) is 6.78. The molecule has 11 heavy (non-hydrogen) atoms. The molecule has 0 bridgehead atoms. The summed E-state index contributed by atoms with van der Waals surface area (Å²) in [6, 6.07) is 0.405. The minimum Gasteiger partial charge on any atom is -0.382 e. The summed E-state index contributed by atoms with van der Waals surface area (Å²) in [5, 5.41) is 0. The van der Waals surface area contributed by atoms with Crippen LogP contribution in [0, 0.1) is 0 Å². The highest BCUT2D eigenvalue weighted by Crippen LogP contribution is 2.13. The van der Waals surface area contributed by atoms with Gasteiger partial charge in [-0.3, -0.25) is 0 Å². The molecule has 62 valence electrons. The van der Waals surface area contributed by atoms with E-state index in [2.05, 4.69) is 31.5 Å². The molecular weight excluding hydrogens is 158 g/mol. The van der Waals surface area contributed by atoms with Gasteiger partial charge in [0.1, 0.15) is 11.6 Å². The highest BCUT2D eigenvalue weighted by atomic mass is 32.1. The lowest BCUT2D eigenvalue weighted by Gasteiger charge is -2.08. The van der Waals surface area contributed by atoms with Crippen molar-refractivity contribution in [2.45, 2.75) is 25.6 Å². The Hall–Kier alpha value is -0.640. The second-order valence-corrected chi connectivity index (χ2v) is 3.06. The first-order valence-corrected chi connectivity index (χ1v) is 4.22. The average Bonchev–Trinajstić information content (AvgIpc) is 2.30. The van der Waals surface area contributed by atoms with Gasteiger partial charge >= 0.3 is 0 Å². The van der Waals surface area contributed by atoms with Gasteiger partial charge in [0.05, 0.1) is 0 Å². The summed E-state index contributed by atoms with van der Waals surface area (Å²) in [6.07, 6.45) is 1.84. The molecule has 4 heteroatoms. The summed E-state index contributed by atoms with van der Waals surface area (Å²) in [7, 11) is 0. The molecule has 0 fully saturated rings. The van der Waals surface area contributed by atoms with Crippen molar-refractivity contribution in [2.75, 3.05) is 5.73 Å². The molecule has 1 aromatic heterocycles. The number of hydrogen-bond acceptors (Lipinski definition) is 3. The van der Waals surface area contributed by atoms with Crippen molar-refractivity contribution in [1.29, 1.82) is 0 Å². The van der Waals surface area contributed by atoms with Crippen molar-refractivity contribution < 1.29 is 0 Å². The molecule has 1 aromatic rings. The molecule has 0 spiro atoms. The molecule has 0 saturated heterocycles. The van der Waals surface area contributed by atoms with Crippen LogP contribution in [0.2, 0.25) is 0 Å². The van der Waals surface area contributed by atoms with Crippen LogP contribution in [-0.4, -0.2) is 9.55 Å². The lowest BCUT2D eigenvalue weighted by molar-refractivity contribution is 0.581. The highest BCUT2D eigenvalue weighted by Gasteiger charge is 2.05. The predicted molar refractivity (Wildman–Crippen MR) is 49.7 cm³/mol. The van der Waals surface area contributed by atoms with E-state index in [0.717, 1.165) is 5.82 Å². The van der Waals surface area contributed by atoms with Crippen LogP contribution in [0.15, 0.2) is 6.20 Å². The number of imidazole rings is 1. The molecule has 2 N–H and O–H groups in total. The topological polar surface area (TPSA) is 43.8 Å². The van der Waals surface area contributed by atoms with Crippen molar-refractivity contribution >= 4 is 18.4 Å². The first-order valence-electron chi connectivity index (χ1n) is 3.59. The zero-order chi connectivity index (χ0) is 8.43. The van der Waals surface area contributed by atoms with Gasteiger partial charge in [-0.05, 0) is 13.8 Å². The van der Waals surface area contributed by atoms with E-state index in [9.17, 15) is 0 Å². The SMILES string of the molecule is CC(C)n1cc(N)nc1CS. The molecule has 0 saturated carbocycles. The van der Waals surface area contributed by atoms with Gasteiger partial charge < -0.3 is 10.3 Å². The maximum absolute atomic E-state index is 5.53. The Morgan fingerprint density at radius 1 is 1.73 bits per heavy atom. The van der Waals surface area contributed by atoms with Gasteiger partial charge in [-0.25, -0.2) is 4.98 Å². The molecule has 0 atom stereocenters. The van der Waals surface area contributed by atoms with E-state index < -0.39 is 0 Å². The van der Waals surface area contributed by atoms with Crippen LogP contribution in [0.5, 0.6) is 0 Å². The molecule has 0 radical (unpaired) electrons. The number of hydrogen-bond donors (Lipinski definition) is 2. The summed E-state index contributed by atoms with van der Waals surface area (Å²) >= 11 is 4.15. The number of nitrogens with zero attached hydrogens (tertiary/aromatic N) is 2. The Kier molecular flexibility index (Phi) is 2.44. The molecule has 0 aliphatic carbocycles. The van der Waals surface area contributed by atoms with E-state index in [1.807, 2.05) is 10.8 Å². The van der Waals surface area contributed by atoms with E-state index in [0.29, 0.717) is 17.6 Å². The summed E-state index contributed by atoms with van der Waals surface area (Å²) in [5.74, 6) is 2.14. The lowest BCUT2D eigenvalue weighted by atomic mass is 10.4. The van der Waals surface area contributed by atoms with Gasteiger partial charge in [0.15, 0.2) is 0 Å². The Bertz CT molecular complexity index is 242. The molecule has 0 aliphatic heterocycles. The predicted octanol–water partition coefficient (Wildman–Crippen LogP) is 1.48. The van der Waals surface area contributed by atoms with Crippen molar-refractivity contribution in [2.24, 2.45) is 0 Å². The van der Waals surface area contributed by atoms with Gasteiger partial charge in [0.2, 0.25) is 0 Å². The molecule has 0 aromatic carbocycles. The van der Waals surface area contributed by atoms with Crippen molar-refractivity contribution in [3.63, 3.8) is 0 Å². The third-order valence-corrected chi connectivity index (χ3v) is 1.81. The number of nitrogens with two attached hydrogens (primary N) is 1. The van der Waals surface area contributed by atoms with Crippen LogP contribution in [-0.2, 0) is 5.75 Å². The van der Waals surface area contributed by atoms with Gasteiger partial charge in [-0.1, -0.05) is 0 Å². The van der Waals surface area contributed by atoms with Gasteiger partial charge in [0, 0.05) is 18.0 Å². The van der Waals surface area contributed by atoms with E-state index >= 15 is 0 Å². The maximum Gasteiger partial charge on any atom is 0.141 e. The van der Waals surface area contributed by atoms with Crippen LogP contribution in [0.3, 0.4) is 0 Å². The normalized spacial score (nSPS) is 10.9. The van der Waals surface area contributed by atoms with Crippen LogP contribution < -0.4 is 5.73 Å². The Morgan fingerprint density at radius 2 is 2.36 bits per heavy atom. The standard InChI is InChI=1S/C7H13N3S/c1-5(2)10-3-6(8)9-7(10)4-11/h3,5,11H,4,8H2,1-2H3. The Morgan fingerprint density at radius 3 is 2.73 bits per heavy atom. The van der Waals surface area contributed by atoms with E-state index in [1.165, 1.54) is 0 Å². The summed E-state index contributed by atoms with van der Waals surface area (Å²) in [6.45, 7) is 4.18. The van der Waals surface area contributed by atoms with Crippen LogP contribution in [0.1, 0.15) is 25.7 Å². The number of thiol groups is 1. The quantitative estimate of drug-likeness (QED) is 0.662. The summed E-state index contributed by atoms with van der Waals surface area (Å²) < 4.78 is 2.03. The number of rotatable bonds is 2. The monoisotopic (exact) mass is 171 g/mol. The molecule has 0 amide bonds. The third kappa shape index (κ3) is 1.68. The number of anilines is 1. The molecule has 0 unspecified atom stereocenters. The fourth-order valence-corrected chi connectivity index (χ4v) is 1.25. The minimum atomic E-state index is 0.405. The van der Waals surface area contributed by atoms with E-state index in [1.54, 1.807) is 0 Å². The van der Waals surface area contributed by atoms with Crippen LogP contribution >= 0.6 is 12.6 Å². The van der Waals surface area contributed by atoms with Crippen molar-refractivity contribution in [3.8, 4) is 0 Å². The second kappa shape index (κ2) is 3.17. The molecular formula is C7H13N3S. The Balaban J connectivity index is 3.02. The van der Waals surface area contributed by atoms with Crippen molar-refractivity contribution in [1.82, 2.24) is 9.55 Å². The molecule has 3 nitrogen and oxygen atoms in total. The maximum atomic E-state index is 5.53.